The lowest BCUT2D eigenvalue weighted by atomic mass is 10.2. The summed E-state index contributed by atoms with van der Waals surface area (Å²) in [6.45, 7) is 5.99. The number of fused-ring (bicyclic) bond motifs is 1. The molecule has 0 bridgehead atoms. The first kappa shape index (κ1) is 11.8. The molecule has 1 heterocycles. The summed E-state index contributed by atoms with van der Waals surface area (Å²) in [6.07, 6.45) is 1.32. The summed E-state index contributed by atoms with van der Waals surface area (Å²) in [6, 6.07) is 6.13. The first-order valence-electron chi connectivity index (χ1n) is 6.55. The van der Waals surface area contributed by atoms with Crippen molar-refractivity contribution in [3.8, 4) is 5.75 Å². The van der Waals surface area contributed by atoms with Crippen LogP contribution < -0.4 is 4.74 Å². The first-order chi connectivity index (χ1) is 8.70. The Morgan fingerprint density at radius 3 is 2.94 bits per heavy atom. The number of para-hydroxylation sites is 1. The Bertz CT molecular complexity index is 628. The van der Waals surface area contributed by atoms with Crippen LogP contribution >= 0.6 is 12.2 Å². The van der Waals surface area contributed by atoms with Crippen LogP contribution in [-0.2, 0) is 6.54 Å². The number of imidazole rings is 1. The molecule has 1 aromatic carbocycles. The average molecular weight is 262 g/mol. The van der Waals surface area contributed by atoms with E-state index >= 15 is 0 Å². The van der Waals surface area contributed by atoms with E-state index in [2.05, 4.69) is 22.5 Å². The van der Waals surface area contributed by atoms with Gasteiger partial charge in [-0.25, -0.2) is 0 Å². The van der Waals surface area contributed by atoms with Crippen LogP contribution in [0.1, 0.15) is 20.3 Å². The van der Waals surface area contributed by atoms with Crippen LogP contribution in [0.2, 0.25) is 0 Å². The Labute approximate surface area is 112 Å². The van der Waals surface area contributed by atoms with Crippen LogP contribution in [-0.4, -0.2) is 16.2 Å². The van der Waals surface area contributed by atoms with Crippen LogP contribution in [0.25, 0.3) is 11.0 Å². The minimum Gasteiger partial charge on any atom is -0.492 e. The molecular weight excluding hydrogens is 244 g/mol. The molecule has 3 nitrogen and oxygen atoms in total. The minimum absolute atomic E-state index is 0.671. The summed E-state index contributed by atoms with van der Waals surface area (Å²) in [5, 5.41) is 0. The molecule has 1 saturated carbocycles. The summed E-state index contributed by atoms with van der Waals surface area (Å²) >= 11 is 5.43. The molecule has 18 heavy (non-hydrogen) atoms. The van der Waals surface area contributed by atoms with Gasteiger partial charge in [0, 0.05) is 6.54 Å². The highest BCUT2D eigenvalue weighted by Crippen LogP contribution is 2.40. The van der Waals surface area contributed by atoms with Gasteiger partial charge in [-0.15, -0.1) is 0 Å². The third kappa shape index (κ3) is 1.94. The van der Waals surface area contributed by atoms with Gasteiger partial charge >= 0.3 is 0 Å². The molecule has 96 valence electrons. The molecule has 4 heteroatoms. The average Bonchev–Trinajstić information content (AvgIpc) is 2.94. The summed E-state index contributed by atoms with van der Waals surface area (Å²) in [5.41, 5.74) is 2.18. The Balaban J connectivity index is 2.06. The van der Waals surface area contributed by atoms with Gasteiger partial charge in [0.25, 0.3) is 0 Å². The lowest BCUT2D eigenvalue weighted by Crippen LogP contribution is -2.00. The Hall–Kier alpha value is -1.29. The fourth-order valence-electron chi connectivity index (χ4n) is 2.50. The van der Waals surface area contributed by atoms with Crippen LogP contribution in [0.4, 0.5) is 0 Å². The summed E-state index contributed by atoms with van der Waals surface area (Å²) in [7, 11) is 0. The largest absolute Gasteiger partial charge is 0.492 e. The fourth-order valence-corrected chi connectivity index (χ4v) is 2.77. The number of aromatic nitrogens is 2. The van der Waals surface area contributed by atoms with Gasteiger partial charge in [-0.2, -0.15) is 0 Å². The maximum Gasteiger partial charge on any atom is 0.178 e. The Morgan fingerprint density at radius 2 is 2.28 bits per heavy atom. The van der Waals surface area contributed by atoms with Crippen LogP contribution in [0.3, 0.4) is 0 Å². The second kappa shape index (κ2) is 4.43. The number of rotatable bonds is 4. The van der Waals surface area contributed by atoms with Crippen molar-refractivity contribution in [2.24, 2.45) is 11.8 Å². The number of hydrogen-bond donors (Lipinski definition) is 1. The Morgan fingerprint density at radius 1 is 1.50 bits per heavy atom. The van der Waals surface area contributed by atoms with Gasteiger partial charge in [-0.05, 0) is 49.5 Å². The van der Waals surface area contributed by atoms with Gasteiger partial charge in [0.15, 0.2) is 4.77 Å². The molecule has 3 rings (SSSR count). The van der Waals surface area contributed by atoms with Crippen LogP contribution in [0.15, 0.2) is 18.2 Å². The van der Waals surface area contributed by atoms with Crippen molar-refractivity contribution in [1.82, 2.24) is 9.55 Å². The maximum atomic E-state index is 5.64. The van der Waals surface area contributed by atoms with E-state index in [1.807, 2.05) is 19.1 Å². The highest BCUT2D eigenvalue weighted by molar-refractivity contribution is 7.71. The fraction of sp³-hybridized carbons (Fsp3) is 0.500. The van der Waals surface area contributed by atoms with Gasteiger partial charge in [0.05, 0.1) is 12.1 Å². The zero-order valence-electron chi connectivity index (χ0n) is 10.8. The third-order valence-corrected chi connectivity index (χ3v) is 4.09. The molecule has 1 aliphatic carbocycles. The normalized spacial score (nSPS) is 22.3. The number of nitrogens with zero attached hydrogens (tertiary/aromatic N) is 1. The van der Waals surface area contributed by atoms with Crippen molar-refractivity contribution < 1.29 is 4.74 Å². The van der Waals surface area contributed by atoms with E-state index < -0.39 is 0 Å². The predicted molar refractivity (Wildman–Crippen MR) is 75.6 cm³/mol. The van der Waals surface area contributed by atoms with Crippen molar-refractivity contribution in [2.75, 3.05) is 6.61 Å². The number of hydrogen-bond acceptors (Lipinski definition) is 2. The molecule has 0 saturated heterocycles. The smallest absolute Gasteiger partial charge is 0.178 e. The van der Waals surface area contributed by atoms with E-state index in [4.69, 9.17) is 17.0 Å². The zero-order valence-corrected chi connectivity index (χ0v) is 11.6. The van der Waals surface area contributed by atoms with Crippen LogP contribution in [0.5, 0.6) is 5.75 Å². The molecule has 2 aromatic rings. The highest BCUT2D eigenvalue weighted by atomic mass is 32.1. The van der Waals surface area contributed by atoms with E-state index in [9.17, 15) is 0 Å². The second-order valence-corrected chi connectivity index (χ2v) is 5.48. The van der Waals surface area contributed by atoms with Crippen molar-refractivity contribution >= 4 is 23.3 Å². The SMILES string of the molecule is CCOc1cccc2c1[nH]c(=S)n2CC1CC1C. The zero-order chi connectivity index (χ0) is 12.7. The molecule has 0 aliphatic heterocycles. The monoisotopic (exact) mass is 262 g/mol. The molecule has 0 radical (unpaired) electrons. The Kier molecular flexibility index (Phi) is 2.90. The summed E-state index contributed by atoms with van der Waals surface area (Å²) in [5.74, 6) is 2.52. The van der Waals surface area contributed by atoms with E-state index in [1.165, 1.54) is 6.42 Å². The minimum atomic E-state index is 0.671. The number of aromatic amines is 1. The molecule has 2 atom stereocenters. The van der Waals surface area contributed by atoms with Gasteiger partial charge in [-0.3, -0.25) is 0 Å². The maximum absolute atomic E-state index is 5.64. The van der Waals surface area contributed by atoms with Crippen LogP contribution in [0, 0.1) is 16.6 Å². The molecule has 0 spiro atoms. The topological polar surface area (TPSA) is 29.9 Å². The van der Waals surface area contributed by atoms with Crippen molar-refractivity contribution in [3.05, 3.63) is 23.0 Å². The predicted octanol–water partition coefficient (Wildman–Crippen LogP) is 3.75. The molecule has 0 amide bonds. The molecule has 1 aliphatic rings. The highest BCUT2D eigenvalue weighted by Gasteiger charge is 2.33. The van der Waals surface area contributed by atoms with Gasteiger partial charge in [0.2, 0.25) is 0 Å². The van der Waals surface area contributed by atoms with E-state index in [1.54, 1.807) is 0 Å². The molecular formula is C14H18N2OS. The lowest BCUT2D eigenvalue weighted by molar-refractivity contribution is 0.343. The molecule has 1 N–H and O–H groups in total. The summed E-state index contributed by atoms with van der Waals surface area (Å²) in [4.78, 5) is 3.28. The van der Waals surface area contributed by atoms with E-state index in [0.29, 0.717) is 6.61 Å². The molecule has 1 aromatic heterocycles. The second-order valence-electron chi connectivity index (χ2n) is 5.10. The lowest BCUT2D eigenvalue weighted by Gasteiger charge is -2.06. The standard InChI is InChI=1S/C14H18N2OS/c1-3-17-12-6-4-5-11-13(12)15-14(18)16(11)8-10-7-9(10)2/h4-6,9-10H,3,7-8H2,1-2H3,(H,15,18). The van der Waals surface area contributed by atoms with E-state index in [-0.39, 0.29) is 0 Å². The molecule has 2 unspecified atom stereocenters. The third-order valence-electron chi connectivity index (χ3n) is 3.77. The number of nitrogens with one attached hydrogen (secondary N) is 1. The first-order valence-corrected chi connectivity index (χ1v) is 6.96. The van der Waals surface area contributed by atoms with Gasteiger partial charge in [-0.1, -0.05) is 13.0 Å². The number of ether oxygens (including phenoxy) is 1. The quantitative estimate of drug-likeness (QED) is 0.850. The number of H-pyrrole nitrogens is 1. The van der Waals surface area contributed by atoms with Gasteiger partial charge < -0.3 is 14.3 Å². The van der Waals surface area contributed by atoms with Crippen molar-refractivity contribution in [1.29, 1.82) is 0 Å². The van der Waals surface area contributed by atoms with E-state index in [0.717, 1.165) is 39.9 Å². The molecule has 1 fully saturated rings. The van der Waals surface area contributed by atoms with Gasteiger partial charge in [0.1, 0.15) is 11.3 Å². The van der Waals surface area contributed by atoms with Crippen molar-refractivity contribution in [2.45, 2.75) is 26.8 Å². The van der Waals surface area contributed by atoms with Crippen molar-refractivity contribution in [3.63, 3.8) is 0 Å². The summed E-state index contributed by atoms with van der Waals surface area (Å²) < 4.78 is 8.65. The number of benzene rings is 1.